The van der Waals surface area contributed by atoms with E-state index in [0.29, 0.717) is 23.8 Å². The van der Waals surface area contributed by atoms with Crippen molar-refractivity contribution in [2.24, 2.45) is 0 Å². The zero-order chi connectivity index (χ0) is 22.2. The summed E-state index contributed by atoms with van der Waals surface area (Å²) >= 11 is 5.98. The Kier molecular flexibility index (Phi) is 5.27. The first-order valence-electron chi connectivity index (χ1n) is 10.6. The molecular weight excluding hydrogens is 426 g/mol. The molecule has 1 aliphatic rings. The minimum Gasteiger partial charge on any atom is -0.342 e. The Balaban J connectivity index is 1.35. The molecule has 5 rings (SSSR count). The smallest absolute Gasteiger partial charge is 0.278 e. The fraction of sp³-hybridized carbons (Fsp3) is 0.250. The molecule has 1 aliphatic heterocycles. The zero-order valence-electron chi connectivity index (χ0n) is 17.6. The molecule has 0 aliphatic carbocycles. The van der Waals surface area contributed by atoms with Crippen LogP contribution in [0, 0.1) is 6.92 Å². The first-order chi connectivity index (χ1) is 15.5. The predicted octanol–water partition coefficient (Wildman–Crippen LogP) is 4.09. The summed E-state index contributed by atoms with van der Waals surface area (Å²) in [6.07, 6.45) is 1.56. The highest BCUT2D eigenvalue weighted by Crippen LogP contribution is 2.28. The van der Waals surface area contributed by atoms with Crippen LogP contribution in [0.1, 0.15) is 40.8 Å². The van der Waals surface area contributed by atoms with Gasteiger partial charge in [0.05, 0.1) is 16.7 Å². The van der Waals surface area contributed by atoms with Crippen molar-refractivity contribution in [1.29, 1.82) is 0 Å². The molecule has 1 amide bonds. The Morgan fingerprint density at radius 1 is 1.09 bits per heavy atom. The van der Waals surface area contributed by atoms with E-state index in [9.17, 15) is 9.59 Å². The summed E-state index contributed by atoms with van der Waals surface area (Å²) in [6, 6.07) is 16.5. The SMILES string of the molecule is Cc1cc(=O)c(C(=O)N2CCC(c3nc4ccccc4[nH]3)CC2)nn1-c1ccc(Cl)cc1. The lowest BCUT2D eigenvalue weighted by molar-refractivity contribution is 0.0702. The van der Waals surface area contributed by atoms with E-state index in [0.717, 1.165) is 35.4 Å². The molecule has 0 saturated carbocycles. The lowest BCUT2D eigenvalue weighted by atomic mass is 9.96. The van der Waals surface area contributed by atoms with Crippen LogP contribution in [-0.2, 0) is 0 Å². The van der Waals surface area contributed by atoms with E-state index in [1.807, 2.05) is 24.3 Å². The van der Waals surface area contributed by atoms with Gasteiger partial charge in [0.2, 0.25) is 5.43 Å². The molecule has 2 aromatic heterocycles. The van der Waals surface area contributed by atoms with Crippen LogP contribution in [0.4, 0.5) is 0 Å². The van der Waals surface area contributed by atoms with Crippen molar-refractivity contribution in [3.05, 3.63) is 87.1 Å². The molecule has 7 nitrogen and oxygen atoms in total. The number of aromatic amines is 1. The van der Waals surface area contributed by atoms with E-state index >= 15 is 0 Å². The highest BCUT2D eigenvalue weighted by Gasteiger charge is 2.28. The van der Waals surface area contributed by atoms with Crippen molar-refractivity contribution in [2.45, 2.75) is 25.7 Å². The molecule has 0 spiro atoms. The fourth-order valence-electron chi connectivity index (χ4n) is 4.21. The molecule has 4 aromatic rings. The molecule has 162 valence electrons. The van der Waals surface area contributed by atoms with E-state index in [1.165, 1.54) is 6.07 Å². The summed E-state index contributed by atoms with van der Waals surface area (Å²) in [7, 11) is 0. The number of fused-ring (bicyclic) bond motifs is 1. The van der Waals surface area contributed by atoms with Crippen LogP contribution in [-0.4, -0.2) is 43.6 Å². The summed E-state index contributed by atoms with van der Waals surface area (Å²) in [4.78, 5) is 35.6. The number of hydrogen-bond acceptors (Lipinski definition) is 4. The summed E-state index contributed by atoms with van der Waals surface area (Å²) in [5.74, 6) is 0.876. The van der Waals surface area contributed by atoms with Crippen LogP contribution in [0.2, 0.25) is 5.02 Å². The number of piperidine rings is 1. The van der Waals surface area contributed by atoms with Crippen LogP contribution in [0.5, 0.6) is 0 Å². The molecule has 32 heavy (non-hydrogen) atoms. The summed E-state index contributed by atoms with van der Waals surface area (Å²) in [5.41, 5.74) is 2.94. The van der Waals surface area contributed by atoms with E-state index in [2.05, 4.69) is 10.1 Å². The van der Waals surface area contributed by atoms with Gasteiger partial charge in [0.25, 0.3) is 5.91 Å². The number of likely N-dealkylation sites (tertiary alicyclic amines) is 1. The first kappa shape index (κ1) is 20.5. The molecule has 0 radical (unpaired) electrons. The number of carbonyl (C=O) groups is 1. The topological polar surface area (TPSA) is 83.9 Å². The largest absolute Gasteiger partial charge is 0.342 e. The Labute approximate surface area is 189 Å². The predicted molar refractivity (Wildman–Crippen MR) is 124 cm³/mol. The standard InChI is InChI=1S/C24H22ClN5O2/c1-15-14-21(31)22(28-30(15)18-8-6-17(25)7-9-18)24(32)29-12-10-16(11-13-29)23-26-19-4-2-3-5-20(19)27-23/h2-9,14,16H,10-13H2,1H3,(H,26,27). The number of carbonyl (C=O) groups excluding carboxylic acids is 1. The highest BCUT2D eigenvalue weighted by molar-refractivity contribution is 6.30. The summed E-state index contributed by atoms with van der Waals surface area (Å²) in [6.45, 7) is 2.89. The molecule has 2 aromatic carbocycles. The van der Waals surface area contributed by atoms with Crippen LogP contribution >= 0.6 is 11.6 Å². The minimum atomic E-state index is -0.364. The summed E-state index contributed by atoms with van der Waals surface area (Å²) < 4.78 is 1.60. The third-order valence-electron chi connectivity index (χ3n) is 5.96. The number of para-hydroxylation sites is 2. The Morgan fingerprint density at radius 2 is 1.81 bits per heavy atom. The van der Waals surface area contributed by atoms with E-state index in [-0.39, 0.29) is 22.9 Å². The molecule has 0 unspecified atom stereocenters. The van der Waals surface area contributed by atoms with Crippen LogP contribution < -0.4 is 5.43 Å². The van der Waals surface area contributed by atoms with Gasteiger partial charge in [-0.15, -0.1) is 0 Å². The van der Waals surface area contributed by atoms with Crippen molar-refractivity contribution < 1.29 is 4.79 Å². The van der Waals surface area contributed by atoms with Gasteiger partial charge >= 0.3 is 0 Å². The molecule has 1 saturated heterocycles. The van der Waals surface area contributed by atoms with Crippen molar-refractivity contribution in [2.75, 3.05) is 13.1 Å². The van der Waals surface area contributed by atoms with Crippen molar-refractivity contribution in [1.82, 2.24) is 24.6 Å². The Hall–Kier alpha value is -3.45. The number of amides is 1. The monoisotopic (exact) mass is 447 g/mol. The number of halogens is 1. The molecule has 3 heterocycles. The van der Waals surface area contributed by atoms with E-state index < -0.39 is 0 Å². The van der Waals surface area contributed by atoms with E-state index in [1.54, 1.807) is 40.8 Å². The maximum atomic E-state index is 13.2. The van der Waals surface area contributed by atoms with Gasteiger partial charge in [-0.1, -0.05) is 23.7 Å². The average Bonchev–Trinajstić information content (AvgIpc) is 3.24. The Bertz CT molecular complexity index is 1320. The minimum absolute atomic E-state index is 0.0623. The van der Waals surface area contributed by atoms with Crippen LogP contribution in [0.25, 0.3) is 16.7 Å². The van der Waals surface area contributed by atoms with Gasteiger partial charge in [-0.3, -0.25) is 9.59 Å². The number of rotatable bonds is 3. The Morgan fingerprint density at radius 3 is 2.53 bits per heavy atom. The normalized spacial score (nSPS) is 14.8. The number of benzene rings is 2. The maximum absolute atomic E-state index is 13.2. The lowest BCUT2D eigenvalue weighted by Gasteiger charge is -2.30. The number of aryl methyl sites for hydroxylation is 1. The van der Waals surface area contributed by atoms with Gasteiger partial charge in [-0.2, -0.15) is 5.10 Å². The van der Waals surface area contributed by atoms with Gasteiger partial charge < -0.3 is 9.88 Å². The second-order valence-corrected chi connectivity index (χ2v) is 8.53. The van der Waals surface area contributed by atoms with Gasteiger partial charge in [0, 0.05) is 35.8 Å². The number of aromatic nitrogens is 4. The second-order valence-electron chi connectivity index (χ2n) is 8.09. The molecule has 0 atom stereocenters. The van der Waals surface area contributed by atoms with E-state index in [4.69, 9.17) is 16.6 Å². The van der Waals surface area contributed by atoms with Crippen molar-refractivity contribution >= 4 is 28.5 Å². The molecule has 1 N–H and O–H groups in total. The number of nitrogens with zero attached hydrogens (tertiary/aromatic N) is 4. The van der Waals surface area contributed by atoms with Crippen LogP contribution in [0.3, 0.4) is 0 Å². The maximum Gasteiger partial charge on any atom is 0.278 e. The summed E-state index contributed by atoms with van der Waals surface area (Å²) in [5, 5.41) is 5.01. The fourth-order valence-corrected chi connectivity index (χ4v) is 4.34. The number of H-pyrrole nitrogens is 1. The highest BCUT2D eigenvalue weighted by atomic mass is 35.5. The lowest BCUT2D eigenvalue weighted by Crippen LogP contribution is -2.41. The van der Waals surface area contributed by atoms with Crippen molar-refractivity contribution in [3.8, 4) is 5.69 Å². The van der Waals surface area contributed by atoms with Crippen molar-refractivity contribution in [3.63, 3.8) is 0 Å². The van der Waals surface area contributed by atoms with Gasteiger partial charge in [0.15, 0.2) is 5.69 Å². The van der Waals surface area contributed by atoms with Gasteiger partial charge in [-0.05, 0) is 56.2 Å². The molecule has 8 heteroatoms. The third-order valence-corrected chi connectivity index (χ3v) is 6.21. The molecule has 0 bridgehead atoms. The second kappa shape index (κ2) is 8.24. The third kappa shape index (κ3) is 3.80. The zero-order valence-corrected chi connectivity index (χ0v) is 18.3. The average molecular weight is 448 g/mol. The first-order valence-corrected chi connectivity index (χ1v) is 11.0. The van der Waals surface area contributed by atoms with Gasteiger partial charge in [0.1, 0.15) is 5.82 Å². The molecule has 1 fully saturated rings. The quantitative estimate of drug-likeness (QED) is 0.512. The molecular formula is C24H22ClN5O2. The van der Waals surface area contributed by atoms with Gasteiger partial charge in [-0.25, -0.2) is 9.67 Å². The van der Waals surface area contributed by atoms with Crippen LogP contribution in [0.15, 0.2) is 59.4 Å². The number of imidazole rings is 1. The number of hydrogen-bond donors (Lipinski definition) is 1. The number of nitrogens with one attached hydrogen (secondary N) is 1.